The SMILES string of the molecule is CNC(=O)COc1cccc(CNCC2CNc3ccnn3C2)c1. The van der Waals surface area contributed by atoms with Crippen molar-refractivity contribution in [3.05, 3.63) is 42.1 Å². The maximum absolute atomic E-state index is 11.2. The Balaban J connectivity index is 1.44. The van der Waals surface area contributed by atoms with Crippen LogP contribution >= 0.6 is 0 Å². The number of rotatable bonds is 7. The molecule has 1 aromatic carbocycles. The molecule has 24 heavy (non-hydrogen) atoms. The molecule has 2 heterocycles. The molecule has 128 valence electrons. The van der Waals surface area contributed by atoms with Gasteiger partial charge in [-0.15, -0.1) is 0 Å². The summed E-state index contributed by atoms with van der Waals surface area (Å²) in [5.74, 6) is 2.16. The Hall–Kier alpha value is -2.54. The van der Waals surface area contributed by atoms with Crippen LogP contribution in [0.3, 0.4) is 0 Å². The summed E-state index contributed by atoms with van der Waals surface area (Å²) in [7, 11) is 1.60. The number of benzene rings is 1. The van der Waals surface area contributed by atoms with Crippen LogP contribution in [0.25, 0.3) is 0 Å². The summed E-state index contributed by atoms with van der Waals surface area (Å²) in [4.78, 5) is 11.2. The fraction of sp³-hybridized carbons (Fsp3) is 0.412. The molecule has 1 amide bonds. The fourth-order valence-corrected chi connectivity index (χ4v) is 2.71. The van der Waals surface area contributed by atoms with Gasteiger partial charge in [0, 0.05) is 45.2 Å². The number of carbonyl (C=O) groups is 1. The van der Waals surface area contributed by atoms with E-state index in [9.17, 15) is 4.79 Å². The summed E-state index contributed by atoms with van der Waals surface area (Å²) in [6.45, 7) is 3.59. The molecule has 1 aliphatic heterocycles. The third-order valence-corrected chi connectivity index (χ3v) is 4.03. The molecule has 7 heteroatoms. The maximum Gasteiger partial charge on any atom is 0.257 e. The lowest BCUT2D eigenvalue weighted by Crippen LogP contribution is -2.35. The molecule has 2 aromatic rings. The Morgan fingerprint density at radius 2 is 2.38 bits per heavy atom. The molecule has 0 radical (unpaired) electrons. The molecule has 0 saturated heterocycles. The molecule has 7 nitrogen and oxygen atoms in total. The van der Waals surface area contributed by atoms with E-state index in [1.54, 1.807) is 7.05 Å². The summed E-state index contributed by atoms with van der Waals surface area (Å²) in [5.41, 5.74) is 1.13. The topological polar surface area (TPSA) is 80.2 Å². The van der Waals surface area contributed by atoms with Crippen LogP contribution in [-0.4, -0.2) is 42.4 Å². The first-order valence-electron chi connectivity index (χ1n) is 8.13. The van der Waals surface area contributed by atoms with Crippen LogP contribution in [0.15, 0.2) is 36.5 Å². The number of fused-ring (bicyclic) bond motifs is 1. The van der Waals surface area contributed by atoms with Crippen LogP contribution in [0, 0.1) is 5.92 Å². The molecule has 3 rings (SSSR count). The normalized spacial score (nSPS) is 16.1. The summed E-state index contributed by atoms with van der Waals surface area (Å²) in [6, 6.07) is 9.80. The molecular formula is C17H23N5O2. The highest BCUT2D eigenvalue weighted by atomic mass is 16.5. The molecule has 1 aliphatic rings. The van der Waals surface area contributed by atoms with Gasteiger partial charge in [0.05, 0.1) is 6.20 Å². The number of ether oxygens (including phenoxy) is 1. The summed E-state index contributed by atoms with van der Waals surface area (Å²) in [5, 5.41) is 13.7. The third kappa shape index (κ3) is 4.26. The highest BCUT2D eigenvalue weighted by Gasteiger charge is 2.17. The smallest absolute Gasteiger partial charge is 0.257 e. The Kier molecular flexibility index (Phi) is 5.32. The minimum atomic E-state index is -0.138. The van der Waals surface area contributed by atoms with Gasteiger partial charge in [0.2, 0.25) is 0 Å². The van der Waals surface area contributed by atoms with Crippen LogP contribution in [0.2, 0.25) is 0 Å². The standard InChI is InChI=1S/C17H23N5O2/c1-18-17(23)12-24-15-4-2-3-13(7-15)8-19-9-14-10-20-16-5-6-21-22(16)11-14/h2-7,14,19-20H,8-12H2,1H3,(H,18,23). The average Bonchev–Trinajstić information content (AvgIpc) is 3.08. The van der Waals surface area contributed by atoms with Gasteiger partial charge in [-0.3, -0.25) is 4.79 Å². The van der Waals surface area contributed by atoms with Crippen molar-refractivity contribution >= 4 is 11.7 Å². The molecule has 0 aliphatic carbocycles. The number of nitrogens with zero attached hydrogens (tertiary/aromatic N) is 2. The molecular weight excluding hydrogens is 306 g/mol. The first kappa shape index (κ1) is 16.3. The number of aromatic nitrogens is 2. The van der Waals surface area contributed by atoms with E-state index < -0.39 is 0 Å². The quantitative estimate of drug-likeness (QED) is 0.701. The first-order chi connectivity index (χ1) is 11.7. The number of nitrogens with one attached hydrogen (secondary N) is 3. The Morgan fingerprint density at radius 3 is 3.25 bits per heavy atom. The summed E-state index contributed by atoms with van der Waals surface area (Å²) < 4.78 is 7.47. The van der Waals surface area contributed by atoms with Gasteiger partial charge >= 0.3 is 0 Å². The molecule has 0 saturated carbocycles. The second kappa shape index (κ2) is 7.83. The van der Waals surface area contributed by atoms with E-state index in [1.165, 1.54) is 0 Å². The van der Waals surface area contributed by atoms with Crippen LogP contribution in [0.1, 0.15) is 5.56 Å². The zero-order valence-corrected chi connectivity index (χ0v) is 13.8. The lowest BCUT2D eigenvalue weighted by molar-refractivity contribution is -0.122. The monoisotopic (exact) mass is 329 g/mol. The lowest BCUT2D eigenvalue weighted by atomic mass is 10.1. The fourth-order valence-electron chi connectivity index (χ4n) is 2.71. The van der Waals surface area contributed by atoms with Gasteiger partial charge in [0.25, 0.3) is 5.91 Å². The van der Waals surface area contributed by atoms with Gasteiger partial charge in [-0.05, 0) is 17.7 Å². The van der Waals surface area contributed by atoms with Gasteiger partial charge in [-0.1, -0.05) is 12.1 Å². The predicted molar refractivity (Wildman–Crippen MR) is 91.9 cm³/mol. The Labute approximate surface area is 141 Å². The van der Waals surface area contributed by atoms with Gasteiger partial charge in [-0.25, -0.2) is 4.68 Å². The number of hydrogen-bond donors (Lipinski definition) is 3. The minimum Gasteiger partial charge on any atom is -0.484 e. The van der Waals surface area contributed by atoms with Crippen LogP contribution in [0.5, 0.6) is 5.75 Å². The van der Waals surface area contributed by atoms with E-state index in [2.05, 4.69) is 21.0 Å². The summed E-state index contributed by atoms with van der Waals surface area (Å²) in [6.07, 6.45) is 1.82. The molecule has 1 aromatic heterocycles. The molecule has 1 atom stereocenters. The van der Waals surface area contributed by atoms with E-state index in [1.807, 2.05) is 41.2 Å². The van der Waals surface area contributed by atoms with Gasteiger partial charge in [-0.2, -0.15) is 5.10 Å². The van der Waals surface area contributed by atoms with E-state index in [4.69, 9.17) is 4.74 Å². The average molecular weight is 329 g/mol. The van der Waals surface area contributed by atoms with Gasteiger partial charge < -0.3 is 20.7 Å². The maximum atomic E-state index is 11.2. The van der Waals surface area contributed by atoms with Crippen LogP contribution in [-0.2, 0) is 17.9 Å². The molecule has 1 unspecified atom stereocenters. The van der Waals surface area contributed by atoms with Crippen molar-refractivity contribution in [2.24, 2.45) is 5.92 Å². The third-order valence-electron chi connectivity index (χ3n) is 4.03. The van der Waals surface area contributed by atoms with Crippen LogP contribution in [0.4, 0.5) is 5.82 Å². The van der Waals surface area contributed by atoms with Crippen molar-refractivity contribution < 1.29 is 9.53 Å². The molecule has 0 spiro atoms. The van der Waals surface area contributed by atoms with E-state index >= 15 is 0 Å². The molecule has 3 N–H and O–H groups in total. The number of likely N-dealkylation sites (N-methyl/N-ethyl adjacent to an activating group) is 1. The second-order valence-corrected chi connectivity index (χ2v) is 5.89. The largest absolute Gasteiger partial charge is 0.484 e. The van der Waals surface area contributed by atoms with Crippen molar-refractivity contribution in [3.8, 4) is 5.75 Å². The van der Waals surface area contributed by atoms with Crippen molar-refractivity contribution in [1.82, 2.24) is 20.4 Å². The first-order valence-corrected chi connectivity index (χ1v) is 8.13. The van der Waals surface area contributed by atoms with Crippen molar-refractivity contribution in [3.63, 3.8) is 0 Å². The molecule has 0 bridgehead atoms. The van der Waals surface area contributed by atoms with Crippen molar-refractivity contribution in [1.29, 1.82) is 0 Å². The predicted octanol–water partition coefficient (Wildman–Crippen LogP) is 0.839. The zero-order chi connectivity index (χ0) is 16.8. The van der Waals surface area contributed by atoms with E-state index in [0.717, 1.165) is 37.6 Å². The lowest BCUT2D eigenvalue weighted by Gasteiger charge is -2.25. The van der Waals surface area contributed by atoms with Crippen molar-refractivity contribution in [2.45, 2.75) is 13.1 Å². The summed E-state index contributed by atoms with van der Waals surface area (Å²) >= 11 is 0. The van der Waals surface area contributed by atoms with Crippen LogP contribution < -0.4 is 20.7 Å². The van der Waals surface area contributed by atoms with Gasteiger partial charge in [0.15, 0.2) is 6.61 Å². The highest BCUT2D eigenvalue weighted by molar-refractivity contribution is 5.77. The van der Waals surface area contributed by atoms with Crippen molar-refractivity contribution in [2.75, 3.05) is 32.1 Å². The van der Waals surface area contributed by atoms with E-state index in [0.29, 0.717) is 11.7 Å². The Bertz CT molecular complexity index is 685. The number of amides is 1. The second-order valence-electron chi connectivity index (χ2n) is 5.89. The highest BCUT2D eigenvalue weighted by Crippen LogP contribution is 2.16. The molecule has 0 fully saturated rings. The zero-order valence-electron chi connectivity index (χ0n) is 13.8. The Morgan fingerprint density at radius 1 is 1.46 bits per heavy atom. The number of carbonyl (C=O) groups excluding carboxylic acids is 1. The minimum absolute atomic E-state index is 0.0350. The van der Waals surface area contributed by atoms with E-state index in [-0.39, 0.29) is 12.5 Å². The number of hydrogen-bond acceptors (Lipinski definition) is 5. The van der Waals surface area contributed by atoms with Gasteiger partial charge in [0.1, 0.15) is 11.6 Å². The number of anilines is 1.